The minimum absolute atomic E-state index is 0.0793. The van der Waals surface area contributed by atoms with Crippen LogP contribution in [-0.2, 0) is 13.6 Å². The van der Waals surface area contributed by atoms with Gasteiger partial charge in [0.25, 0.3) is 5.56 Å². The third-order valence-electron chi connectivity index (χ3n) is 3.23. The third-order valence-corrected chi connectivity index (χ3v) is 3.23. The van der Waals surface area contributed by atoms with Gasteiger partial charge in [0, 0.05) is 19.8 Å². The van der Waals surface area contributed by atoms with Crippen LogP contribution in [0.2, 0.25) is 0 Å². The first-order chi connectivity index (χ1) is 8.99. The van der Waals surface area contributed by atoms with Gasteiger partial charge in [0.05, 0.1) is 5.56 Å². The predicted octanol–water partition coefficient (Wildman–Crippen LogP) is 1.72. The Kier molecular flexibility index (Phi) is 5.73. The van der Waals surface area contributed by atoms with Gasteiger partial charge in [-0.25, -0.2) is 4.79 Å². The highest BCUT2D eigenvalue weighted by Gasteiger charge is 2.11. The number of nitrogens with zero attached hydrogens (tertiary/aromatic N) is 2. The van der Waals surface area contributed by atoms with E-state index in [0.29, 0.717) is 6.54 Å². The SMILES string of the molecule is CCCCCCCn1cc(C(C)=O)c(=O)n(C)c1=O. The summed E-state index contributed by atoms with van der Waals surface area (Å²) in [5.74, 6) is -0.305. The zero-order valence-electron chi connectivity index (χ0n) is 11.9. The van der Waals surface area contributed by atoms with Crippen molar-refractivity contribution >= 4 is 5.78 Å². The van der Waals surface area contributed by atoms with Gasteiger partial charge in [0.1, 0.15) is 0 Å². The Bertz CT molecular complexity index is 555. The van der Waals surface area contributed by atoms with Gasteiger partial charge in [-0.2, -0.15) is 0 Å². The van der Waals surface area contributed by atoms with Crippen LogP contribution in [0.5, 0.6) is 0 Å². The van der Waals surface area contributed by atoms with E-state index in [1.165, 1.54) is 37.6 Å². The summed E-state index contributed by atoms with van der Waals surface area (Å²) in [6, 6.07) is 0. The second-order valence-corrected chi connectivity index (χ2v) is 4.85. The molecule has 0 aromatic carbocycles. The lowest BCUT2D eigenvalue weighted by Gasteiger charge is -2.09. The number of unbranched alkanes of at least 4 members (excludes halogenated alkanes) is 4. The van der Waals surface area contributed by atoms with E-state index in [4.69, 9.17) is 0 Å². The van der Waals surface area contributed by atoms with Gasteiger partial charge in [0.15, 0.2) is 5.78 Å². The van der Waals surface area contributed by atoms with E-state index in [2.05, 4.69) is 6.92 Å². The molecule has 0 saturated carbocycles. The second-order valence-electron chi connectivity index (χ2n) is 4.85. The van der Waals surface area contributed by atoms with Crippen LogP contribution in [-0.4, -0.2) is 14.9 Å². The average molecular weight is 266 g/mol. The molecule has 0 amide bonds. The number of ketones is 1. The summed E-state index contributed by atoms with van der Waals surface area (Å²) in [5.41, 5.74) is -0.791. The molecular formula is C14H22N2O3. The molecule has 0 saturated heterocycles. The fraction of sp³-hybridized carbons (Fsp3) is 0.643. The van der Waals surface area contributed by atoms with Gasteiger partial charge in [-0.15, -0.1) is 0 Å². The molecule has 0 N–H and O–H groups in total. The minimum atomic E-state index is -0.514. The summed E-state index contributed by atoms with van der Waals surface area (Å²) < 4.78 is 2.47. The average Bonchev–Trinajstić information content (AvgIpc) is 2.37. The number of aryl methyl sites for hydroxylation is 1. The Morgan fingerprint density at radius 1 is 1.16 bits per heavy atom. The van der Waals surface area contributed by atoms with Crippen molar-refractivity contribution in [2.24, 2.45) is 7.05 Å². The van der Waals surface area contributed by atoms with Crippen LogP contribution >= 0.6 is 0 Å². The predicted molar refractivity (Wildman–Crippen MR) is 74.7 cm³/mol. The molecule has 1 aromatic rings. The number of Topliss-reactive ketones (excluding diaryl/α,β-unsaturated/α-hetero) is 1. The lowest BCUT2D eigenvalue weighted by molar-refractivity contribution is 0.101. The smallest absolute Gasteiger partial charge is 0.300 e. The van der Waals surface area contributed by atoms with Gasteiger partial charge in [0.2, 0.25) is 0 Å². The summed E-state index contributed by atoms with van der Waals surface area (Å²) in [7, 11) is 1.41. The van der Waals surface area contributed by atoms with Crippen LogP contribution in [0.25, 0.3) is 0 Å². The van der Waals surface area contributed by atoms with Gasteiger partial charge in [-0.3, -0.25) is 18.7 Å². The van der Waals surface area contributed by atoms with Crippen molar-refractivity contribution in [3.05, 3.63) is 32.6 Å². The topological polar surface area (TPSA) is 61.1 Å². The zero-order valence-corrected chi connectivity index (χ0v) is 11.9. The van der Waals surface area contributed by atoms with Crippen molar-refractivity contribution in [2.75, 3.05) is 0 Å². The van der Waals surface area contributed by atoms with Crippen molar-refractivity contribution in [3.63, 3.8) is 0 Å². The fourth-order valence-corrected chi connectivity index (χ4v) is 2.01. The normalized spacial score (nSPS) is 10.7. The highest BCUT2D eigenvalue weighted by atomic mass is 16.2. The first-order valence-electron chi connectivity index (χ1n) is 6.80. The Morgan fingerprint density at radius 2 is 1.79 bits per heavy atom. The maximum atomic E-state index is 11.9. The molecule has 5 heteroatoms. The largest absolute Gasteiger partial charge is 0.330 e. The van der Waals surface area contributed by atoms with E-state index in [0.717, 1.165) is 23.8 Å². The first kappa shape index (κ1) is 15.4. The summed E-state index contributed by atoms with van der Waals surface area (Å²) in [5, 5.41) is 0. The van der Waals surface area contributed by atoms with Gasteiger partial charge in [-0.05, 0) is 13.3 Å². The fourth-order valence-electron chi connectivity index (χ4n) is 2.01. The number of carbonyl (C=O) groups is 1. The van der Waals surface area contributed by atoms with E-state index in [9.17, 15) is 14.4 Å². The van der Waals surface area contributed by atoms with Gasteiger partial charge in [-0.1, -0.05) is 32.6 Å². The molecule has 0 aliphatic carbocycles. The maximum Gasteiger partial charge on any atom is 0.330 e. The molecule has 0 unspecified atom stereocenters. The molecule has 0 aliphatic rings. The van der Waals surface area contributed by atoms with Gasteiger partial charge >= 0.3 is 5.69 Å². The summed E-state index contributed by atoms with van der Waals surface area (Å²) in [4.78, 5) is 35.0. The molecule has 0 spiro atoms. The summed E-state index contributed by atoms with van der Waals surface area (Å²) in [6.45, 7) is 4.04. The zero-order chi connectivity index (χ0) is 14.4. The Hall–Kier alpha value is -1.65. The Balaban J connectivity index is 2.87. The van der Waals surface area contributed by atoms with Crippen LogP contribution in [0, 0.1) is 0 Å². The van der Waals surface area contributed by atoms with E-state index in [-0.39, 0.29) is 17.0 Å². The van der Waals surface area contributed by atoms with E-state index in [1.807, 2.05) is 0 Å². The third kappa shape index (κ3) is 3.91. The van der Waals surface area contributed by atoms with E-state index >= 15 is 0 Å². The molecule has 1 heterocycles. The molecule has 1 rings (SSSR count). The standard InChI is InChI=1S/C14H22N2O3/c1-4-5-6-7-8-9-16-10-12(11(2)17)13(18)15(3)14(16)19/h10H,4-9H2,1-3H3. The maximum absolute atomic E-state index is 11.9. The second kappa shape index (κ2) is 7.07. The van der Waals surface area contributed by atoms with Crippen molar-refractivity contribution < 1.29 is 4.79 Å². The number of hydrogen-bond donors (Lipinski definition) is 0. The van der Waals surface area contributed by atoms with E-state index in [1.54, 1.807) is 0 Å². The minimum Gasteiger partial charge on any atom is -0.300 e. The lowest BCUT2D eigenvalue weighted by Crippen LogP contribution is -2.40. The number of aromatic nitrogens is 2. The molecule has 0 aliphatic heterocycles. The van der Waals surface area contributed by atoms with Crippen LogP contribution in [0.4, 0.5) is 0 Å². The molecular weight excluding hydrogens is 244 g/mol. The quantitative estimate of drug-likeness (QED) is 0.557. The lowest BCUT2D eigenvalue weighted by atomic mass is 10.1. The summed E-state index contributed by atoms with van der Waals surface area (Å²) >= 11 is 0. The molecule has 0 atom stereocenters. The Labute approximate surface area is 112 Å². The monoisotopic (exact) mass is 266 g/mol. The molecule has 1 aromatic heterocycles. The highest BCUT2D eigenvalue weighted by molar-refractivity contribution is 5.93. The van der Waals surface area contributed by atoms with Gasteiger partial charge < -0.3 is 0 Å². The van der Waals surface area contributed by atoms with Crippen molar-refractivity contribution in [1.82, 2.24) is 9.13 Å². The molecule has 106 valence electrons. The van der Waals surface area contributed by atoms with Crippen LogP contribution in [0.15, 0.2) is 15.8 Å². The number of hydrogen-bond acceptors (Lipinski definition) is 3. The van der Waals surface area contributed by atoms with Crippen molar-refractivity contribution in [3.8, 4) is 0 Å². The van der Waals surface area contributed by atoms with Crippen LogP contribution in [0.3, 0.4) is 0 Å². The number of carbonyl (C=O) groups excluding carboxylic acids is 1. The van der Waals surface area contributed by atoms with Crippen molar-refractivity contribution in [2.45, 2.75) is 52.5 Å². The molecule has 19 heavy (non-hydrogen) atoms. The van der Waals surface area contributed by atoms with Crippen LogP contribution < -0.4 is 11.2 Å². The molecule has 0 radical (unpaired) electrons. The highest BCUT2D eigenvalue weighted by Crippen LogP contribution is 2.03. The first-order valence-corrected chi connectivity index (χ1v) is 6.80. The summed E-state index contributed by atoms with van der Waals surface area (Å²) in [6.07, 6.45) is 6.85. The Morgan fingerprint density at radius 3 is 2.37 bits per heavy atom. The van der Waals surface area contributed by atoms with Crippen molar-refractivity contribution in [1.29, 1.82) is 0 Å². The molecule has 5 nitrogen and oxygen atoms in total. The number of rotatable bonds is 7. The van der Waals surface area contributed by atoms with E-state index < -0.39 is 5.56 Å². The molecule has 0 bridgehead atoms. The molecule has 0 fully saturated rings. The van der Waals surface area contributed by atoms with Crippen LogP contribution in [0.1, 0.15) is 56.3 Å².